The molecule has 0 aliphatic heterocycles. The molecule has 0 aliphatic rings. The van der Waals surface area contributed by atoms with Gasteiger partial charge in [-0.05, 0) is 36.8 Å². The quantitative estimate of drug-likeness (QED) is 0.372. The Balaban J connectivity index is 1.82. The molecule has 1 unspecified atom stereocenters. The zero-order valence-corrected chi connectivity index (χ0v) is 18.4. The number of alkyl halides is 6. The lowest BCUT2D eigenvalue weighted by Crippen LogP contribution is -2.28. The third kappa shape index (κ3) is 7.37. The number of nitrogens with one attached hydrogen (secondary N) is 1. The van der Waals surface area contributed by atoms with Crippen LogP contribution in [-0.4, -0.2) is 36.5 Å². The number of carbonyl (C=O) groups excluding carboxylic acids is 1. The van der Waals surface area contributed by atoms with Crippen molar-refractivity contribution < 1.29 is 40.6 Å². The molecule has 2 aromatic carbocycles. The lowest BCUT2D eigenvalue weighted by atomic mass is 10.0. The Labute approximate surface area is 194 Å². The lowest BCUT2D eigenvalue weighted by molar-refractivity contribution is -0.154. The summed E-state index contributed by atoms with van der Waals surface area (Å²) in [5.74, 6) is -1.64. The number of nitrogens with zero attached hydrogens (tertiary/aromatic N) is 1. The van der Waals surface area contributed by atoms with Crippen LogP contribution in [-0.2, 0) is 0 Å². The van der Waals surface area contributed by atoms with Crippen LogP contribution in [0.15, 0.2) is 54.0 Å². The molecule has 0 saturated carbocycles. The molecule has 34 heavy (non-hydrogen) atoms. The summed E-state index contributed by atoms with van der Waals surface area (Å²) in [6.45, 7) is -1.66. The van der Waals surface area contributed by atoms with Crippen LogP contribution in [0.3, 0.4) is 0 Å². The molecule has 0 radical (unpaired) electrons. The summed E-state index contributed by atoms with van der Waals surface area (Å²) in [5, 5.41) is 5.20. The van der Waals surface area contributed by atoms with Gasteiger partial charge in [0, 0.05) is 17.1 Å². The Morgan fingerprint density at radius 2 is 1.74 bits per heavy atom. The molecule has 5 nitrogen and oxygen atoms in total. The number of rotatable bonds is 8. The third-order valence-electron chi connectivity index (χ3n) is 4.40. The van der Waals surface area contributed by atoms with Gasteiger partial charge in [0.15, 0.2) is 13.2 Å². The number of thiazole rings is 1. The fourth-order valence-corrected chi connectivity index (χ4v) is 3.53. The van der Waals surface area contributed by atoms with Crippen molar-refractivity contribution in [1.82, 2.24) is 10.3 Å². The van der Waals surface area contributed by atoms with E-state index in [0.717, 1.165) is 28.8 Å². The number of amides is 1. The highest BCUT2D eigenvalue weighted by Gasteiger charge is 2.31. The van der Waals surface area contributed by atoms with Crippen molar-refractivity contribution in [1.29, 1.82) is 0 Å². The Bertz CT molecular complexity index is 1120. The molecule has 12 heteroatoms. The van der Waals surface area contributed by atoms with E-state index in [-0.39, 0.29) is 5.75 Å². The first-order chi connectivity index (χ1) is 15.9. The molecule has 182 valence electrons. The van der Waals surface area contributed by atoms with Gasteiger partial charge in [-0.15, -0.1) is 11.3 Å². The average molecular weight is 504 g/mol. The van der Waals surface area contributed by atoms with E-state index >= 15 is 0 Å². The van der Waals surface area contributed by atoms with Gasteiger partial charge in [-0.3, -0.25) is 4.79 Å². The number of carbonyl (C=O) groups is 1. The summed E-state index contributed by atoms with van der Waals surface area (Å²) >= 11 is 1.42. The molecule has 1 aromatic heterocycles. The highest BCUT2D eigenvalue weighted by molar-refractivity contribution is 7.13. The fourth-order valence-electron chi connectivity index (χ4n) is 2.89. The molecule has 1 atom stereocenters. The van der Waals surface area contributed by atoms with E-state index in [1.165, 1.54) is 11.3 Å². The van der Waals surface area contributed by atoms with Crippen molar-refractivity contribution in [3.05, 3.63) is 65.2 Å². The lowest BCUT2D eigenvalue weighted by Gasteiger charge is -2.18. The molecule has 1 amide bonds. The molecule has 0 fully saturated rings. The van der Waals surface area contributed by atoms with Gasteiger partial charge in [-0.1, -0.05) is 18.2 Å². The predicted octanol–water partition coefficient (Wildman–Crippen LogP) is 6.18. The Morgan fingerprint density at radius 1 is 1.03 bits per heavy atom. The second-order valence-electron chi connectivity index (χ2n) is 7.12. The predicted molar refractivity (Wildman–Crippen MR) is 113 cm³/mol. The van der Waals surface area contributed by atoms with E-state index < -0.39 is 48.8 Å². The molecule has 1 heterocycles. The minimum absolute atomic E-state index is 0.347. The molecule has 1 N–H and O–H groups in total. The van der Waals surface area contributed by atoms with Crippen molar-refractivity contribution >= 4 is 17.2 Å². The van der Waals surface area contributed by atoms with Gasteiger partial charge in [0.2, 0.25) is 0 Å². The smallest absolute Gasteiger partial charge is 0.422 e. The van der Waals surface area contributed by atoms with Crippen LogP contribution < -0.4 is 14.8 Å². The van der Waals surface area contributed by atoms with Crippen LogP contribution in [0.2, 0.25) is 0 Å². The zero-order chi connectivity index (χ0) is 24.9. The second-order valence-corrected chi connectivity index (χ2v) is 8.02. The number of hydrogen-bond acceptors (Lipinski definition) is 5. The number of halogens is 6. The summed E-state index contributed by atoms with van der Waals surface area (Å²) in [7, 11) is 0. The topological polar surface area (TPSA) is 60.5 Å². The fraction of sp³-hybridized carbons (Fsp3) is 0.273. The molecular formula is C22H18F6N2O3S. The first kappa shape index (κ1) is 25.3. The molecule has 0 saturated heterocycles. The normalized spacial score (nSPS) is 12.8. The van der Waals surface area contributed by atoms with Crippen LogP contribution >= 0.6 is 11.3 Å². The van der Waals surface area contributed by atoms with Gasteiger partial charge in [0.25, 0.3) is 5.91 Å². The third-order valence-corrected chi connectivity index (χ3v) is 5.23. The second kappa shape index (κ2) is 10.3. The standard InChI is InChI=1S/C22H18F6N2O3S/c1-13(14-3-2-4-15(9-14)20-29-7-8-34-20)30-19(31)17-10-16(32-11-21(23,24)25)5-6-18(17)33-12-22(26,27)28/h2-10,13H,11-12H2,1H3,(H,30,31). The average Bonchev–Trinajstić information content (AvgIpc) is 3.30. The van der Waals surface area contributed by atoms with Crippen LogP contribution in [0.25, 0.3) is 10.6 Å². The van der Waals surface area contributed by atoms with Crippen molar-refractivity contribution in [3.8, 4) is 22.1 Å². The number of hydrogen-bond donors (Lipinski definition) is 1. The SMILES string of the molecule is CC(NC(=O)c1cc(OCC(F)(F)F)ccc1OCC(F)(F)F)c1cccc(-c2nccs2)c1. The molecule has 3 aromatic rings. The number of benzene rings is 2. The van der Waals surface area contributed by atoms with E-state index in [1.807, 2.05) is 11.4 Å². The van der Waals surface area contributed by atoms with Crippen molar-refractivity contribution in [3.63, 3.8) is 0 Å². The van der Waals surface area contributed by atoms with Gasteiger partial charge in [-0.25, -0.2) is 4.98 Å². The van der Waals surface area contributed by atoms with Crippen LogP contribution in [0.1, 0.15) is 28.9 Å². The van der Waals surface area contributed by atoms with Gasteiger partial charge in [0.1, 0.15) is 16.5 Å². The van der Waals surface area contributed by atoms with Crippen LogP contribution in [0, 0.1) is 0 Å². The Morgan fingerprint density at radius 3 is 2.38 bits per heavy atom. The van der Waals surface area contributed by atoms with Crippen molar-refractivity contribution in [2.45, 2.75) is 25.3 Å². The number of ether oxygens (including phenoxy) is 2. The maximum atomic E-state index is 12.9. The van der Waals surface area contributed by atoms with Gasteiger partial charge in [-0.2, -0.15) is 26.3 Å². The summed E-state index contributed by atoms with van der Waals surface area (Å²) in [6.07, 6.45) is -7.66. The molecule has 0 spiro atoms. The highest BCUT2D eigenvalue weighted by atomic mass is 32.1. The van der Waals surface area contributed by atoms with Crippen molar-refractivity contribution in [2.75, 3.05) is 13.2 Å². The maximum Gasteiger partial charge on any atom is 0.422 e. The van der Waals surface area contributed by atoms with Crippen LogP contribution in [0.5, 0.6) is 11.5 Å². The van der Waals surface area contributed by atoms with Crippen molar-refractivity contribution in [2.24, 2.45) is 0 Å². The summed E-state index contributed by atoms with van der Waals surface area (Å²) in [5.41, 5.74) is 1.10. The first-order valence-corrected chi connectivity index (χ1v) is 10.6. The summed E-state index contributed by atoms with van der Waals surface area (Å²) in [4.78, 5) is 17.1. The minimum Gasteiger partial charge on any atom is -0.484 e. The Hall–Kier alpha value is -3.28. The van der Waals surface area contributed by atoms with Crippen LogP contribution in [0.4, 0.5) is 26.3 Å². The van der Waals surface area contributed by atoms with E-state index in [1.54, 1.807) is 31.3 Å². The van der Waals surface area contributed by atoms with Gasteiger partial charge < -0.3 is 14.8 Å². The van der Waals surface area contributed by atoms with E-state index in [9.17, 15) is 31.1 Å². The molecular weight excluding hydrogens is 486 g/mol. The minimum atomic E-state index is -4.68. The monoisotopic (exact) mass is 504 g/mol. The van der Waals surface area contributed by atoms with E-state index in [4.69, 9.17) is 4.74 Å². The summed E-state index contributed by atoms with van der Waals surface area (Å²) < 4.78 is 84.6. The van der Waals surface area contributed by atoms with Gasteiger partial charge in [0.05, 0.1) is 11.6 Å². The highest BCUT2D eigenvalue weighted by Crippen LogP contribution is 2.29. The molecule has 3 rings (SSSR count). The largest absolute Gasteiger partial charge is 0.484 e. The summed E-state index contributed by atoms with van der Waals surface area (Å²) in [6, 6.07) is 9.41. The maximum absolute atomic E-state index is 12.9. The van der Waals surface area contributed by atoms with E-state index in [0.29, 0.717) is 5.56 Å². The molecule has 0 aliphatic carbocycles. The molecule has 0 bridgehead atoms. The Kier molecular flexibility index (Phi) is 7.70. The number of aromatic nitrogens is 1. The van der Waals surface area contributed by atoms with E-state index in [2.05, 4.69) is 15.0 Å². The first-order valence-electron chi connectivity index (χ1n) is 9.75. The zero-order valence-electron chi connectivity index (χ0n) is 17.5. The van der Waals surface area contributed by atoms with Gasteiger partial charge >= 0.3 is 12.4 Å².